The predicted molar refractivity (Wildman–Crippen MR) is 71.1 cm³/mol. The van der Waals surface area contributed by atoms with Gasteiger partial charge in [-0.15, -0.1) is 0 Å². The monoisotopic (exact) mass is 294 g/mol. The lowest BCUT2D eigenvalue weighted by molar-refractivity contribution is 0.824. The summed E-state index contributed by atoms with van der Waals surface area (Å²) < 4.78 is 1.14. The minimum atomic E-state index is 0. The highest BCUT2D eigenvalue weighted by Gasteiger charge is 2.21. The van der Waals surface area contributed by atoms with E-state index in [2.05, 4.69) is 58.4 Å². The first-order chi connectivity index (χ1) is 7.33. The zero-order chi connectivity index (χ0) is 10.3. The molecule has 0 aromatic heterocycles. The molecule has 1 aliphatic rings. The summed E-state index contributed by atoms with van der Waals surface area (Å²) in [6, 6.07) is 15.1. The normalized spacial score (nSPS) is 11.6. The molecule has 1 aliphatic heterocycles. The van der Waals surface area contributed by atoms with Crippen molar-refractivity contribution in [2.24, 2.45) is 0 Å². The van der Waals surface area contributed by atoms with Gasteiger partial charge in [0.25, 0.3) is 0 Å². The standard InChI is InChI=1S/C13H9BrS.H2O/c14-11-6-4-9(5-7-11)8-10-2-1-3-12-13(10)15-12;/h1-7H,8H2;1H2. The maximum absolute atomic E-state index is 3.45. The molecule has 0 radical (unpaired) electrons. The Balaban J connectivity index is 0.000000963. The summed E-state index contributed by atoms with van der Waals surface area (Å²) in [5, 5.41) is 0. The van der Waals surface area contributed by atoms with Crippen LogP contribution in [0.5, 0.6) is 0 Å². The van der Waals surface area contributed by atoms with Crippen molar-refractivity contribution < 1.29 is 5.48 Å². The lowest BCUT2D eigenvalue weighted by Crippen LogP contribution is -1.86. The smallest absolute Gasteiger partial charge is 0.0297 e. The van der Waals surface area contributed by atoms with Crippen LogP contribution in [0.4, 0.5) is 0 Å². The van der Waals surface area contributed by atoms with Crippen LogP contribution in [0.1, 0.15) is 11.1 Å². The van der Waals surface area contributed by atoms with Crippen molar-refractivity contribution in [2.45, 2.75) is 16.2 Å². The molecule has 0 saturated heterocycles. The molecule has 0 aliphatic carbocycles. The lowest BCUT2D eigenvalue weighted by Gasteiger charge is -2.00. The van der Waals surface area contributed by atoms with Gasteiger partial charge in [0.15, 0.2) is 0 Å². The first-order valence-electron chi connectivity index (χ1n) is 4.87. The van der Waals surface area contributed by atoms with Crippen LogP contribution in [0.15, 0.2) is 56.7 Å². The number of hydrogen-bond donors (Lipinski definition) is 0. The van der Waals surface area contributed by atoms with Crippen LogP contribution < -0.4 is 0 Å². The number of rotatable bonds is 2. The number of halogens is 1. The van der Waals surface area contributed by atoms with Crippen molar-refractivity contribution in [1.82, 2.24) is 0 Å². The van der Waals surface area contributed by atoms with E-state index in [1.54, 1.807) is 0 Å². The highest BCUT2D eigenvalue weighted by Crippen LogP contribution is 2.50. The van der Waals surface area contributed by atoms with Gasteiger partial charge in [-0.3, -0.25) is 0 Å². The molecule has 16 heavy (non-hydrogen) atoms. The summed E-state index contributed by atoms with van der Waals surface area (Å²) in [4.78, 5) is 2.94. The third-order valence-electron chi connectivity index (χ3n) is 2.54. The fourth-order valence-electron chi connectivity index (χ4n) is 1.71. The molecule has 2 N–H and O–H groups in total. The van der Waals surface area contributed by atoms with E-state index in [0.29, 0.717) is 0 Å². The Morgan fingerprint density at radius 3 is 2.50 bits per heavy atom. The predicted octanol–water partition coefficient (Wildman–Crippen LogP) is 3.68. The van der Waals surface area contributed by atoms with Gasteiger partial charge in [-0.2, -0.15) is 0 Å². The Hall–Kier alpha value is -0.770. The maximum atomic E-state index is 3.45. The molecular formula is C13H11BrOS. The largest absolute Gasteiger partial charge is 0.412 e. The summed E-state index contributed by atoms with van der Waals surface area (Å²) in [5.41, 5.74) is 2.83. The molecule has 1 nitrogen and oxygen atoms in total. The molecule has 2 aromatic rings. The molecule has 0 amide bonds. The molecule has 3 rings (SSSR count). The van der Waals surface area contributed by atoms with Gasteiger partial charge < -0.3 is 5.48 Å². The molecular weight excluding hydrogens is 284 g/mol. The van der Waals surface area contributed by atoms with E-state index >= 15 is 0 Å². The fourth-order valence-corrected chi connectivity index (χ4v) is 2.76. The van der Waals surface area contributed by atoms with E-state index in [0.717, 1.165) is 10.9 Å². The maximum Gasteiger partial charge on any atom is 0.0297 e. The number of benzene rings is 2. The minimum Gasteiger partial charge on any atom is -0.412 e. The summed E-state index contributed by atoms with van der Waals surface area (Å²) in [6.07, 6.45) is 1.05. The second-order valence-corrected chi connectivity index (χ2v) is 5.62. The van der Waals surface area contributed by atoms with Gasteiger partial charge in [-0.25, -0.2) is 0 Å². The van der Waals surface area contributed by atoms with Crippen molar-refractivity contribution in [3.63, 3.8) is 0 Å². The first-order valence-corrected chi connectivity index (χ1v) is 6.48. The van der Waals surface area contributed by atoms with Crippen LogP contribution in [-0.4, -0.2) is 5.48 Å². The van der Waals surface area contributed by atoms with Crippen molar-refractivity contribution in [3.8, 4) is 0 Å². The Labute approximate surface area is 107 Å². The number of fused-ring (bicyclic) bond motifs is 1. The van der Waals surface area contributed by atoms with Gasteiger partial charge in [-0.05, 0) is 35.7 Å². The van der Waals surface area contributed by atoms with Crippen LogP contribution in [0.2, 0.25) is 0 Å². The lowest BCUT2D eigenvalue weighted by atomic mass is 10.1. The van der Waals surface area contributed by atoms with E-state index < -0.39 is 0 Å². The SMILES string of the molecule is Brc1ccc(Cc2cccc3c2S3)cc1.O. The van der Waals surface area contributed by atoms with E-state index in [1.165, 1.54) is 20.9 Å². The summed E-state index contributed by atoms with van der Waals surface area (Å²) in [6.45, 7) is 0. The summed E-state index contributed by atoms with van der Waals surface area (Å²) >= 11 is 5.35. The topological polar surface area (TPSA) is 31.5 Å². The third kappa shape index (κ3) is 2.32. The molecule has 3 heteroatoms. The van der Waals surface area contributed by atoms with Gasteiger partial charge in [-0.1, -0.05) is 52.0 Å². The van der Waals surface area contributed by atoms with Crippen LogP contribution >= 0.6 is 27.7 Å². The fraction of sp³-hybridized carbons (Fsp3) is 0.0769. The van der Waals surface area contributed by atoms with E-state index in [4.69, 9.17) is 0 Å². The van der Waals surface area contributed by atoms with Crippen LogP contribution in [0.25, 0.3) is 0 Å². The highest BCUT2D eigenvalue weighted by molar-refractivity contribution is 9.10. The van der Waals surface area contributed by atoms with Crippen molar-refractivity contribution in [2.75, 3.05) is 0 Å². The summed E-state index contributed by atoms with van der Waals surface area (Å²) in [5.74, 6) is 0. The molecule has 0 fully saturated rings. The number of hydrogen-bond acceptors (Lipinski definition) is 1. The van der Waals surface area contributed by atoms with Gasteiger partial charge in [0.2, 0.25) is 0 Å². The van der Waals surface area contributed by atoms with Gasteiger partial charge >= 0.3 is 0 Å². The van der Waals surface area contributed by atoms with Crippen LogP contribution in [0.3, 0.4) is 0 Å². The molecule has 0 bridgehead atoms. The van der Waals surface area contributed by atoms with E-state index in [9.17, 15) is 0 Å². The molecule has 0 saturated carbocycles. The molecule has 82 valence electrons. The zero-order valence-corrected chi connectivity index (χ0v) is 10.9. The third-order valence-corrected chi connectivity index (χ3v) is 4.11. The zero-order valence-electron chi connectivity index (χ0n) is 8.53. The molecule has 0 spiro atoms. The van der Waals surface area contributed by atoms with Crippen molar-refractivity contribution in [1.29, 1.82) is 0 Å². The average molecular weight is 295 g/mol. The average Bonchev–Trinajstić information content (AvgIpc) is 3.01. The summed E-state index contributed by atoms with van der Waals surface area (Å²) in [7, 11) is 0. The Bertz CT molecular complexity index is 508. The molecule has 0 unspecified atom stereocenters. The van der Waals surface area contributed by atoms with Crippen LogP contribution in [-0.2, 0) is 6.42 Å². The van der Waals surface area contributed by atoms with E-state index in [-0.39, 0.29) is 5.48 Å². The second kappa shape index (κ2) is 4.62. The van der Waals surface area contributed by atoms with Gasteiger partial charge in [0.05, 0.1) is 0 Å². The van der Waals surface area contributed by atoms with Crippen LogP contribution in [0, 0.1) is 0 Å². The van der Waals surface area contributed by atoms with Crippen molar-refractivity contribution >= 4 is 27.7 Å². The Morgan fingerprint density at radius 2 is 1.75 bits per heavy atom. The Kier molecular flexibility index (Phi) is 3.38. The van der Waals surface area contributed by atoms with Gasteiger partial charge in [0, 0.05) is 14.3 Å². The Morgan fingerprint density at radius 1 is 1.00 bits per heavy atom. The first kappa shape index (κ1) is 11.7. The molecule has 1 heterocycles. The highest BCUT2D eigenvalue weighted by atomic mass is 79.9. The van der Waals surface area contributed by atoms with Crippen molar-refractivity contribution in [3.05, 3.63) is 58.1 Å². The second-order valence-electron chi connectivity index (χ2n) is 3.65. The molecule has 2 aromatic carbocycles. The minimum absolute atomic E-state index is 0. The van der Waals surface area contributed by atoms with E-state index in [1.807, 2.05) is 11.8 Å². The van der Waals surface area contributed by atoms with Gasteiger partial charge in [0.1, 0.15) is 0 Å². The molecule has 0 atom stereocenters. The quantitative estimate of drug-likeness (QED) is 0.664.